The highest BCUT2D eigenvalue weighted by atomic mass is 16.5. The topological polar surface area (TPSA) is 88.9 Å². The van der Waals surface area contributed by atoms with E-state index in [1.165, 1.54) is 0 Å². The van der Waals surface area contributed by atoms with Gasteiger partial charge in [-0.05, 0) is 32.8 Å². The molecule has 23 heavy (non-hydrogen) atoms. The molecule has 0 bridgehead atoms. The Kier molecular flexibility index (Phi) is 4.49. The van der Waals surface area contributed by atoms with Crippen molar-refractivity contribution in [2.24, 2.45) is 11.1 Å². The fourth-order valence-electron chi connectivity index (χ4n) is 3.97. The van der Waals surface area contributed by atoms with Crippen LogP contribution in [0.25, 0.3) is 0 Å². The van der Waals surface area contributed by atoms with Crippen molar-refractivity contribution in [2.75, 3.05) is 26.2 Å². The third-order valence-corrected chi connectivity index (χ3v) is 5.43. The number of likely N-dealkylation sites (tertiary alicyclic amines) is 1. The lowest BCUT2D eigenvalue weighted by molar-refractivity contribution is -0.207. The van der Waals surface area contributed by atoms with Gasteiger partial charge in [0.1, 0.15) is 11.5 Å². The minimum atomic E-state index is -0.333. The standard InChI is InChI=1S/C17H26N2O4/c1-11-9-13(12(2)23-11)16(21)19-6-3-17(4-7-19)14(20)10-15(17)22-8-5-18/h9,14-15,20H,3-8,10,18H2,1-2H3/t14-,15+/m1/s1. The van der Waals surface area contributed by atoms with Crippen LogP contribution in [-0.4, -0.2) is 54.4 Å². The number of aliphatic hydroxyl groups excluding tert-OH is 1. The van der Waals surface area contributed by atoms with Crippen LogP contribution in [0.1, 0.15) is 41.1 Å². The van der Waals surface area contributed by atoms with Crippen molar-refractivity contribution in [1.29, 1.82) is 0 Å². The maximum atomic E-state index is 12.6. The second-order valence-corrected chi connectivity index (χ2v) is 6.75. The van der Waals surface area contributed by atoms with Crippen molar-refractivity contribution in [2.45, 2.75) is 45.3 Å². The zero-order valence-corrected chi connectivity index (χ0v) is 13.9. The average Bonchev–Trinajstić information content (AvgIpc) is 2.89. The number of nitrogens with two attached hydrogens (primary N) is 1. The first-order valence-electron chi connectivity index (χ1n) is 8.34. The Hall–Kier alpha value is -1.37. The largest absolute Gasteiger partial charge is 0.466 e. The molecule has 2 atom stereocenters. The molecule has 1 amide bonds. The normalized spacial score (nSPS) is 26.3. The van der Waals surface area contributed by atoms with Crippen LogP contribution in [0.3, 0.4) is 0 Å². The highest BCUT2D eigenvalue weighted by molar-refractivity contribution is 5.95. The predicted molar refractivity (Wildman–Crippen MR) is 85.2 cm³/mol. The highest BCUT2D eigenvalue weighted by Gasteiger charge is 2.56. The molecule has 128 valence electrons. The van der Waals surface area contributed by atoms with Gasteiger partial charge >= 0.3 is 0 Å². The van der Waals surface area contributed by atoms with Gasteiger partial charge in [0.15, 0.2) is 0 Å². The quantitative estimate of drug-likeness (QED) is 0.870. The number of amides is 1. The first kappa shape index (κ1) is 16.5. The Bertz CT molecular complexity index is 575. The van der Waals surface area contributed by atoms with Crippen molar-refractivity contribution >= 4 is 5.91 Å². The second-order valence-electron chi connectivity index (χ2n) is 6.75. The summed E-state index contributed by atoms with van der Waals surface area (Å²) in [7, 11) is 0. The number of nitrogens with zero attached hydrogens (tertiary/aromatic N) is 1. The van der Waals surface area contributed by atoms with Crippen LogP contribution in [0.15, 0.2) is 10.5 Å². The number of aryl methyl sites for hydroxylation is 2. The minimum Gasteiger partial charge on any atom is -0.466 e. The number of hydrogen-bond acceptors (Lipinski definition) is 5. The predicted octanol–water partition coefficient (Wildman–Crippen LogP) is 1.23. The number of carbonyl (C=O) groups is 1. The molecule has 0 radical (unpaired) electrons. The Labute approximate surface area is 136 Å². The molecule has 1 spiro atoms. The molecule has 6 nitrogen and oxygen atoms in total. The Morgan fingerprint density at radius 1 is 1.48 bits per heavy atom. The zero-order valence-electron chi connectivity index (χ0n) is 13.9. The molecule has 1 aliphatic carbocycles. The van der Waals surface area contributed by atoms with E-state index in [4.69, 9.17) is 14.9 Å². The monoisotopic (exact) mass is 322 g/mol. The van der Waals surface area contributed by atoms with E-state index in [-0.39, 0.29) is 23.5 Å². The fraction of sp³-hybridized carbons (Fsp3) is 0.706. The van der Waals surface area contributed by atoms with Gasteiger partial charge in [0.2, 0.25) is 0 Å². The molecule has 1 saturated heterocycles. The molecule has 2 heterocycles. The van der Waals surface area contributed by atoms with Crippen molar-refractivity contribution in [3.05, 3.63) is 23.2 Å². The summed E-state index contributed by atoms with van der Waals surface area (Å²) in [5, 5.41) is 10.3. The zero-order chi connectivity index (χ0) is 16.6. The second kappa shape index (κ2) is 6.26. The van der Waals surface area contributed by atoms with E-state index in [9.17, 15) is 9.90 Å². The van der Waals surface area contributed by atoms with Gasteiger partial charge in [-0.25, -0.2) is 0 Å². The van der Waals surface area contributed by atoms with Crippen molar-refractivity contribution in [1.82, 2.24) is 4.90 Å². The lowest BCUT2D eigenvalue weighted by Gasteiger charge is -2.56. The lowest BCUT2D eigenvalue weighted by Crippen LogP contribution is -2.62. The Morgan fingerprint density at radius 2 is 2.17 bits per heavy atom. The molecule has 0 unspecified atom stereocenters. The summed E-state index contributed by atoms with van der Waals surface area (Å²) in [6, 6.07) is 1.80. The van der Waals surface area contributed by atoms with Crippen molar-refractivity contribution in [3.63, 3.8) is 0 Å². The number of rotatable bonds is 4. The van der Waals surface area contributed by atoms with E-state index in [1.54, 1.807) is 6.07 Å². The molecule has 2 aliphatic rings. The van der Waals surface area contributed by atoms with Crippen LogP contribution in [-0.2, 0) is 4.74 Å². The summed E-state index contributed by atoms with van der Waals surface area (Å²) >= 11 is 0. The van der Waals surface area contributed by atoms with Crippen LogP contribution >= 0.6 is 0 Å². The SMILES string of the molecule is Cc1cc(C(=O)N2CCC3(CC2)[C@H](O)C[C@@H]3OCCN)c(C)o1. The van der Waals surface area contributed by atoms with Gasteiger partial charge in [0, 0.05) is 31.5 Å². The van der Waals surface area contributed by atoms with Gasteiger partial charge in [-0.1, -0.05) is 0 Å². The number of carbonyl (C=O) groups excluding carboxylic acids is 1. The molecular formula is C17H26N2O4. The van der Waals surface area contributed by atoms with Gasteiger partial charge in [0.25, 0.3) is 5.91 Å². The number of furan rings is 1. The molecule has 6 heteroatoms. The molecule has 3 N–H and O–H groups in total. The number of hydrogen-bond donors (Lipinski definition) is 2. The molecule has 1 aliphatic heterocycles. The molecule has 0 aromatic carbocycles. The van der Waals surface area contributed by atoms with Crippen LogP contribution in [0.5, 0.6) is 0 Å². The minimum absolute atomic E-state index is 0.0161. The summed E-state index contributed by atoms with van der Waals surface area (Å²) in [5.41, 5.74) is 5.94. The molecule has 3 rings (SSSR count). The molecule has 1 aromatic heterocycles. The summed E-state index contributed by atoms with van der Waals surface area (Å²) in [4.78, 5) is 14.5. The number of aliphatic hydroxyl groups is 1. The van der Waals surface area contributed by atoms with E-state index in [0.717, 1.165) is 18.6 Å². The van der Waals surface area contributed by atoms with Gasteiger partial charge in [0.05, 0.1) is 24.4 Å². The van der Waals surface area contributed by atoms with E-state index in [1.807, 2.05) is 18.7 Å². The smallest absolute Gasteiger partial charge is 0.257 e. The summed E-state index contributed by atoms with van der Waals surface area (Å²) in [6.07, 6.45) is 1.95. The maximum absolute atomic E-state index is 12.6. The fourth-order valence-corrected chi connectivity index (χ4v) is 3.97. The van der Waals surface area contributed by atoms with Gasteiger partial charge < -0.3 is 24.9 Å². The molecular weight excluding hydrogens is 296 g/mol. The first-order chi connectivity index (χ1) is 11.0. The Balaban J connectivity index is 1.64. The van der Waals surface area contributed by atoms with Crippen molar-refractivity contribution in [3.8, 4) is 0 Å². The van der Waals surface area contributed by atoms with E-state index in [0.29, 0.717) is 44.0 Å². The van der Waals surface area contributed by atoms with Crippen LogP contribution in [0.4, 0.5) is 0 Å². The van der Waals surface area contributed by atoms with E-state index >= 15 is 0 Å². The van der Waals surface area contributed by atoms with Crippen LogP contribution in [0, 0.1) is 19.3 Å². The lowest BCUT2D eigenvalue weighted by atomic mass is 9.58. The third-order valence-electron chi connectivity index (χ3n) is 5.43. The van der Waals surface area contributed by atoms with Crippen LogP contribution in [0.2, 0.25) is 0 Å². The number of piperidine rings is 1. The van der Waals surface area contributed by atoms with Gasteiger partial charge in [-0.2, -0.15) is 0 Å². The summed E-state index contributed by atoms with van der Waals surface area (Å²) in [5.74, 6) is 1.44. The summed E-state index contributed by atoms with van der Waals surface area (Å²) in [6.45, 7) is 5.96. The van der Waals surface area contributed by atoms with Gasteiger partial charge in [-0.3, -0.25) is 4.79 Å². The van der Waals surface area contributed by atoms with E-state index < -0.39 is 0 Å². The van der Waals surface area contributed by atoms with Crippen molar-refractivity contribution < 1.29 is 19.1 Å². The van der Waals surface area contributed by atoms with Crippen LogP contribution < -0.4 is 5.73 Å². The maximum Gasteiger partial charge on any atom is 0.257 e. The first-order valence-corrected chi connectivity index (χ1v) is 8.34. The number of ether oxygens (including phenoxy) is 1. The highest BCUT2D eigenvalue weighted by Crippen LogP contribution is 2.51. The molecule has 1 saturated carbocycles. The Morgan fingerprint density at radius 3 is 2.70 bits per heavy atom. The molecule has 1 aromatic rings. The third kappa shape index (κ3) is 2.79. The molecule has 2 fully saturated rings. The average molecular weight is 322 g/mol. The van der Waals surface area contributed by atoms with Gasteiger partial charge in [-0.15, -0.1) is 0 Å². The summed E-state index contributed by atoms with van der Waals surface area (Å²) < 4.78 is 11.2. The van der Waals surface area contributed by atoms with E-state index in [2.05, 4.69) is 0 Å².